The Balaban J connectivity index is 1.70. The van der Waals surface area contributed by atoms with E-state index in [2.05, 4.69) is 5.32 Å². The number of benzene rings is 2. The fourth-order valence-corrected chi connectivity index (χ4v) is 4.12. The maximum atomic E-state index is 14.3. The molecule has 0 unspecified atom stereocenters. The molecular formula is C22H19F2NO3. The number of ketones is 1. The van der Waals surface area contributed by atoms with Gasteiger partial charge in [-0.2, -0.15) is 0 Å². The van der Waals surface area contributed by atoms with Crippen LogP contribution in [0, 0.1) is 11.6 Å². The molecular weight excluding hydrogens is 364 g/mol. The third-order valence-electron chi connectivity index (χ3n) is 5.46. The largest absolute Gasteiger partial charge is 0.497 e. The summed E-state index contributed by atoms with van der Waals surface area (Å²) in [6.07, 6.45) is 0.735. The Labute approximate surface area is 161 Å². The first kappa shape index (κ1) is 18.3. The number of carbonyl (C=O) groups is 2. The molecule has 0 spiro atoms. The quantitative estimate of drug-likeness (QED) is 0.872. The van der Waals surface area contributed by atoms with Crippen LogP contribution >= 0.6 is 0 Å². The second kappa shape index (κ2) is 7.19. The van der Waals surface area contributed by atoms with Crippen LogP contribution in [0.4, 0.5) is 8.78 Å². The highest BCUT2D eigenvalue weighted by Crippen LogP contribution is 2.43. The van der Waals surface area contributed by atoms with Gasteiger partial charge in [-0.1, -0.05) is 18.2 Å². The standard InChI is InChI=1S/C22H19F2NO3/c1-28-15-5-2-12(3-6-15)13-8-19-22(20(26)9-13)17(11-21(27)25-19)16-7-4-14(23)10-18(16)24/h2-7,10,13,17H,8-9,11H2,1H3,(H,25,27)/t13-,17-/m0/s1. The van der Waals surface area contributed by atoms with Crippen molar-refractivity contribution in [3.63, 3.8) is 0 Å². The Morgan fingerprint density at radius 1 is 1.00 bits per heavy atom. The first-order valence-electron chi connectivity index (χ1n) is 9.11. The molecule has 0 saturated carbocycles. The van der Waals surface area contributed by atoms with Crippen molar-refractivity contribution in [1.29, 1.82) is 0 Å². The Kier molecular flexibility index (Phi) is 4.71. The lowest BCUT2D eigenvalue weighted by Gasteiger charge is -2.34. The van der Waals surface area contributed by atoms with Crippen molar-refractivity contribution in [2.75, 3.05) is 7.11 Å². The molecule has 0 radical (unpaired) electrons. The zero-order valence-corrected chi connectivity index (χ0v) is 15.3. The Bertz CT molecular complexity index is 982. The van der Waals surface area contributed by atoms with Crippen molar-refractivity contribution in [2.45, 2.75) is 31.1 Å². The second-order valence-electron chi connectivity index (χ2n) is 7.16. The SMILES string of the molecule is COc1ccc([C@@H]2CC(=O)C3=C(C2)NC(=O)C[C@H]3c2ccc(F)cc2F)cc1. The maximum Gasteiger partial charge on any atom is 0.225 e. The van der Waals surface area contributed by atoms with Gasteiger partial charge in [-0.25, -0.2) is 8.78 Å². The van der Waals surface area contributed by atoms with E-state index in [9.17, 15) is 18.4 Å². The third-order valence-corrected chi connectivity index (χ3v) is 5.46. The van der Waals surface area contributed by atoms with Gasteiger partial charge in [0.25, 0.3) is 0 Å². The normalized spacial score (nSPS) is 22.0. The second-order valence-corrected chi connectivity index (χ2v) is 7.16. The van der Waals surface area contributed by atoms with Gasteiger partial charge in [0, 0.05) is 36.1 Å². The number of carbonyl (C=O) groups excluding carboxylic acids is 2. The van der Waals surface area contributed by atoms with Crippen LogP contribution in [0.25, 0.3) is 0 Å². The molecule has 1 aliphatic carbocycles. The molecule has 6 heteroatoms. The Morgan fingerprint density at radius 3 is 2.43 bits per heavy atom. The number of rotatable bonds is 3. The molecule has 0 fully saturated rings. The molecule has 2 aromatic rings. The number of hydrogen-bond acceptors (Lipinski definition) is 3. The molecule has 144 valence electrons. The number of amides is 1. The van der Waals surface area contributed by atoms with Gasteiger partial charge in [0.05, 0.1) is 7.11 Å². The van der Waals surface area contributed by atoms with Crippen LogP contribution in [0.3, 0.4) is 0 Å². The molecule has 4 nitrogen and oxygen atoms in total. The van der Waals surface area contributed by atoms with Gasteiger partial charge in [-0.15, -0.1) is 0 Å². The van der Waals surface area contributed by atoms with Gasteiger partial charge in [0.1, 0.15) is 17.4 Å². The van der Waals surface area contributed by atoms with Crippen molar-refractivity contribution in [2.24, 2.45) is 0 Å². The molecule has 2 atom stereocenters. The minimum absolute atomic E-state index is 0.0275. The smallest absolute Gasteiger partial charge is 0.225 e. The minimum Gasteiger partial charge on any atom is -0.497 e. The third kappa shape index (κ3) is 3.30. The minimum atomic E-state index is -0.739. The summed E-state index contributed by atoms with van der Waals surface area (Å²) in [7, 11) is 1.59. The molecule has 4 rings (SSSR count). The van der Waals surface area contributed by atoms with Crippen LogP contribution in [0.15, 0.2) is 53.7 Å². The fraction of sp³-hybridized carbons (Fsp3) is 0.273. The Morgan fingerprint density at radius 2 is 1.75 bits per heavy atom. The number of allylic oxidation sites excluding steroid dienone is 2. The predicted octanol–water partition coefficient (Wildman–Crippen LogP) is 3.98. The van der Waals surface area contributed by atoms with Crippen LogP contribution in [-0.4, -0.2) is 18.8 Å². The van der Waals surface area contributed by atoms with E-state index in [0.29, 0.717) is 17.7 Å². The number of halogens is 2. The van der Waals surface area contributed by atoms with Gasteiger partial charge < -0.3 is 10.1 Å². The molecule has 2 aromatic carbocycles. The lowest BCUT2D eigenvalue weighted by molar-refractivity contribution is -0.122. The summed E-state index contributed by atoms with van der Waals surface area (Å²) in [4.78, 5) is 25.2. The van der Waals surface area contributed by atoms with Crippen LogP contribution in [-0.2, 0) is 9.59 Å². The number of nitrogens with one attached hydrogen (secondary N) is 1. The monoisotopic (exact) mass is 383 g/mol. The van der Waals surface area contributed by atoms with Gasteiger partial charge >= 0.3 is 0 Å². The van der Waals surface area contributed by atoms with E-state index in [-0.39, 0.29) is 36.0 Å². The average molecular weight is 383 g/mol. The topological polar surface area (TPSA) is 55.4 Å². The van der Waals surface area contributed by atoms with Crippen LogP contribution in [0.2, 0.25) is 0 Å². The van der Waals surface area contributed by atoms with E-state index in [0.717, 1.165) is 23.4 Å². The van der Waals surface area contributed by atoms with Crippen molar-refractivity contribution in [3.8, 4) is 5.75 Å². The number of Topliss-reactive ketones (excluding diaryl/α,β-unsaturated/α-hetero) is 1. The number of hydrogen-bond donors (Lipinski definition) is 1. The molecule has 0 bridgehead atoms. The van der Waals surface area contributed by atoms with E-state index in [1.807, 2.05) is 24.3 Å². The lowest BCUT2D eigenvalue weighted by atomic mass is 9.73. The van der Waals surface area contributed by atoms with Crippen LogP contribution in [0.1, 0.15) is 42.2 Å². The van der Waals surface area contributed by atoms with Gasteiger partial charge in [-0.05, 0) is 41.7 Å². The molecule has 1 aliphatic heterocycles. The van der Waals surface area contributed by atoms with Gasteiger partial charge in [-0.3, -0.25) is 9.59 Å². The molecule has 1 heterocycles. The van der Waals surface area contributed by atoms with E-state index in [4.69, 9.17) is 4.74 Å². The summed E-state index contributed by atoms with van der Waals surface area (Å²) in [5.41, 5.74) is 2.14. The molecule has 2 aliphatic rings. The zero-order valence-electron chi connectivity index (χ0n) is 15.3. The van der Waals surface area contributed by atoms with Crippen molar-refractivity contribution >= 4 is 11.7 Å². The highest BCUT2D eigenvalue weighted by atomic mass is 19.1. The first-order valence-corrected chi connectivity index (χ1v) is 9.11. The van der Waals surface area contributed by atoms with Crippen molar-refractivity contribution in [3.05, 3.63) is 76.5 Å². The molecule has 0 aromatic heterocycles. The Hall–Kier alpha value is -3.02. The summed E-state index contributed by atoms with van der Waals surface area (Å²) in [5.74, 6) is -1.85. The number of methoxy groups -OCH3 is 1. The van der Waals surface area contributed by atoms with E-state index in [1.54, 1.807) is 7.11 Å². The lowest BCUT2D eigenvalue weighted by Crippen LogP contribution is -2.38. The van der Waals surface area contributed by atoms with Crippen molar-refractivity contribution in [1.82, 2.24) is 5.32 Å². The average Bonchev–Trinajstić information content (AvgIpc) is 2.67. The summed E-state index contributed by atoms with van der Waals surface area (Å²) in [6.45, 7) is 0. The predicted molar refractivity (Wildman–Crippen MR) is 98.9 cm³/mol. The first-order chi connectivity index (χ1) is 13.5. The molecule has 1 amide bonds. The summed E-state index contributed by atoms with van der Waals surface area (Å²) >= 11 is 0. The van der Waals surface area contributed by atoms with Gasteiger partial charge in [0.15, 0.2) is 5.78 Å². The number of ether oxygens (including phenoxy) is 1. The maximum absolute atomic E-state index is 14.3. The van der Waals surface area contributed by atoms with Crippen molar-refractivity contribution < 1.29 is 23.1 Å². The van der Waals surface area contributed by atoms with Crippen LogP contribution < -0.4 is 10.1 Å². The summed E-state index contributed by atoms with van der Waals surface area (Å²) in [6, 6.07) is 10.7. The molecule has 28 heavy (non-hydrogen) atoms. The van der Waals surface area contributed by atoms with Crippen LogP contribution in [0.5, 0.6) is 5.75 Å². The van der Waals surface area contributed by atoms with Gasteiger partial charge in [0.2, 0.25) is 5.91 Å². The zero-order chi connectivity index (χ0) is 19.8. The highest BCUT2D eigenvalue weighted by Gasteiger charge is 2.39. The summed E-state index contributed by atoms with van der Waals surface area (Å²) in [5, 5.41) is 2.80. The van der Waals surface area contributed by atoms with E-state index < -0.39 is 17.6 Å². The fourth-order valence-electron chi connectivity index (χ4n) is 4.12. The molecule has 1 N–H and O–H groups in total. The molecule has 0 saturated heterocycles. The van der Waals surface area contributed by atoms with E-state index in [1.165, 1.54) is 6.07 Å². The van der Waals surface area contributed by atoms with E-state index >= 15 is 0 Å². The highest BCUT2D eigenvalue weighted by molar-refractivity contribution is 6.02. The summed E-state index contributed by atoms with van der Waals surface area (Å²) < 4.78 is 32.8.